The first-order chi connectivity index (χ1) is 9.04. The van der Waals surface area contributed by atoms with Crippen LogP contribution in [0.4, 0.5) is 0 Å². The number of amides is 1. The molecule has 1 aromatic rings. The van der Waals surface area contributed by atoms with E-state index in [2.05, 4.69) is 15.9 Å². The van der Waals surface area contributed by atoms with Crippen molar-refractivity contribution in [2.45, 2.75) is 19.8 Å². The van der Waals surface area contributed by atoms with Gasteiger partial charge in [0.15, 0.2) is 0 Å². The maximum absolute atomic E-state index is 11.7. The third-order valence-electron chi connectivity index (χ3n) is 2.65. The second-order valence-electron chi connectivity index (χ2n) is 4.26. The van der Waals surface area contributed by atoms with Gasteiger partial charge in [0.2, 0.25) is 5.91 Å². The number of carbonyl (C=O) groups is 1. The van der Waals surface area contributed by atoms with Gasteiger partial charge in [0.05, 0.1) is 30.0 Å². The number of halogens is 1. The van der Waals surface area contributed by atoms with Crippen LogP contribution in [-0.4, -0.2) is 31.0 Å². The molecular formula is C14H17BrN2O2. The minimum absolute atomic E-state index is 0.0153. The first-order valence-corrected chi connectivity index (χ1v) is 6.83. The van der Waals surface area contributed by atoms with E-state index in [1.54, 1.807) is 11.9 Å². The van der Waals surface area contributed by atoms with Crippen molar-refractivity contribution in [3.63, 3.8) is 0 Å². The lowest BCUT2D eigenvalue weighted by Gasteiger charge is -2.15. The van der Waals surface area contributed by atoms with Crippen LogP contribution >= 0.6 is 15.9 Å². The predicted molar refractivity (Wildman–Crippen MR) is 76.9 cm³/mol. The Bertz CT molecular complexity index is 483. The minimum Gasteiger partial charge on any atom is -0.492 e. The monoisotopic (exact) mass is 324 g/mol. The normalized spacial score (nSPS) is 9.79. The smallest absolute Gasteiger partial charge is 0.225 e. The lowest BCUT2D eigenvalue weighted by atomic mass is 10.2. The van der Waals surface area contributed by atoms with Crippen molar-refractivity contribution in [1.82, 2.24) is 4.90 Å². The van der Waals surface area contributed by atoms with Gasteiger partial charge in [-0.3, -0.25) is 4.79 Å². The number of hydrogen-bond acceptors (Lipinski definition) is 3. The van der Waals surface area contributed by atoms with E-state index in [0.29, 0.717) is 26.0 Å². The average Bonchev–Trinajstić information content (AvgIpc) is 2.38. The lowest BCUT2D eigenvalue weighted by molar-refractivity contribution is -0.130. The fourth-order valence-corrected chi connectivity index (χ4v) is 2.11. The third kappa shape index (κ3) is 5.31. The van der Waals surface area contributed by atoms with Gasteiger partial charge >= 0.3 is 0 Å². The summed E-state index contributed by atoms with van der Waals surface area (Å²) in [6.45, 7) is 2.79. The molecule has 102 valence electrons. The molecule has 0 spiro atoms. The van der Waals surface area contributed by atoms with Crippen molar-refractivity contribution in [3.8, 4) is 11.8 Å². The molecule has 1 amide bonds. The number of benzene rings is 1. The Morgan fingerprint density at radius 3 is 2.89 bits per heavy atom. The van der Waals surface area contributed by atoms with E-state index < -0.39 is 0 Å². The number of ether oxygens (including phenoxy) is 1. The second-order valence-corrected chi connectivity index (χ2v) is 5.11. The van der Waals surface area contributed by atoms with E-state index in [1.165, 1.54) is 0 Å². The van der Waals surface area contributed by atoms with E-state index in [0.717, 1.165) is 15.8 Å². The Morgan fingerprint density at radius 2 is 2.26 bits per heavy atom. The van der Waals surface area contributed by atoms with Crippen LogP contribution in [0, 0.1) is 18.3 Å². The molecule has 0 saturated carbocycles. The molecule has 0 bridgehead atoms. The summed E-state index contributed by atoms with van der Waals surface area (Å²) < 4.78 is 6.44. The lowest BCUT2D eigenvalue weighted by Crippen LogP contribution is -2.28. The Labute approximate surface area is 122 Å². The zero-order chi connectivity index (χ0) is 14.3. The van der Waals surface area contributed by atoms with E-state index in [9.17, 15) is 4.79 Å². The van der Waals surface area contributed by atoms with Gasteiger partial charge in [-0.1, -0.05) is 6.07 Å². The molecule has 0 radical (unpaired) electrons. The summed E-state index contributed by atoms with van der Waals surface area (Å²) >= 11 is 3.42. The van der Waals surface area contributed by atoms with E-state index in [1.807, 2.05) is 31.2 Å². The van der Waals surface area contributed by atoms with Gasteiger partial charge in [0, 0.05) is 13.6 Å². The SMILES string of the molecule is Cc1ccc(OCCC(=O)N(C)CCC#N)c(Br)c1. The molecular weight excluding hydrogens is 308 g/mol. The molecule has 1 aromatic carbocycles. The molecule has 0 aromatic heterocycles. The summed E-state index contributed by atoms with van der Waals surface area (Å²) in [5.74, 6) is 0.719. The summed E-state index contributed by atoms with van der Waals surface area (Å²) in [4.78, 5) is 13.3. The van der Waals surface area contributed by atoms with Crippen LogP contribution in [-0.2, 0) is 4.79 Å². The van der Waals surface area contributed by atoms with Crippen LogP contribution in [0.25, 0.3) is 0 Å². The highest BCUT2D eigenvalue weighted by atomic mass is 79.9. The fourth-order valence-electron chi connectivity index (χ4n) is 1.50. The third-order valence-corrected chi connectivity index (χ3v) is 3.27. The molecule has 0 N–H and O–H groups in total. The van der Waals surface area contributed by atoms with Gasteiger partial charge in [-0.25, -0.2) is 0 Å². The quantitative estimate of drug-likeness (QED) is 0.808. The van der Waals surface area contributed by atoms with Gasteiger partial charge < -0.3 is 9.64 Å². The average molecular weight is 325 g/mol. The zero-order valence-electron chi connectivity index (χ0n) is 11.1. The molecule has 0 unspecified atom stereocenters. The molecule has 0 fully saturated rings. The van der Waals surface area contributed by atoms with Crippen molar-refractivity contribution in [3.05, 3.63) is 28.2 Å². The standard InChI is InChI=1S/C14H17BrN2O2/c1-11-4-5-13(12(15)10-11)19-9-6-14(18)17(2)8-3-7-16/h4-5,10H,3,6,8-9H2,1-2H3. The van der Waals surface area contributed by atoms with Crippen molar-refractivity contribution in [1.29, 1.82) is 5.26 Å². The van der Waals surface area contributed by atoms with Gasteiger partial charge in [-0.2, -0.15) is 5.26 Å². The number of carbonyl (C=O) groups excluding carboxylic acids is 1. The van der Waals surface area contributed by atoms with Gasteiger partial charge in [-0.15, -0.1) is 0 Å². The Balaban J connectivity index is 2.38. The van der Waals surface area contributed by atoms with E-state index in [-0.39, 0.29) is 5.91 Å². The molecule has 0 aliphatic rings. The maximum Gasteiger partial charge on any atom is 0.225 e. The maximum atomic E-state index is 11.7. The van der Waals surface area contributed by atoms with Crippen molar-refractivity contribution in [2.24, 2.45) is 0 Å². The summed E-state index contributed by atoms with van der Waals surface area (Å²) in [6.07, 6.45) is 0.662. The van der Waals surface area contributed by atoms with E-state index >= 15 is 0 Å². The first kappa shape index (κ1) is 15.5. The molecule has 5 heteroatoms. The molecule has 0 atom stereocenters. The highest BCUT2D eigenvalue weighted by Crippen LogP contribution is 2.25. The Morgan fingerprint density at radius 1 is 1.53 bits per heavy atom. The Hall–Kier alpha value is -1.54. The molecule has 0 aliphatic heterocycles. The summed E-state index contributed by atoms with van der Waals surface area (Å²) in [5.41, 5.74) is 1.14. The first-order valence-electron chi connectivity index (χ1n) is 6.04. The molecule has 1 rings (SSSR count). The van der Waals surface area contributed by atoms with Crippen molar-refractivity contribution in [2.75, 3.05) is 20.2 Å². The molecule has 0 heterocycles. The summed E-state index contributed by atoms with van der Waals surface area (Å²) in [5, 5.41) is 8.46. The van der Waals surface area contributed by atoms with Gasteiger partial charge in [0.1, 0.15) is 5.75 Å². The predicted octanol–water partition coefficient (Wildman–Crippen LogP) is 2.90. The minimum atomic E-state index is -0.0153. The highest BCUT2D eigenvalue weighted by molar-refractivity contribution is 9.10. The van der Waals surface area contributed by atoms with Crippen LogP contribution in [0.5, 0.6) is 5.75 Å². The van der Waals surface area contributed by atoms with Crippen LogP contribution in [0.1, 0.15) is 18.4 Å². The zero-order valence-corrected chi connectivity index (χ0v) is 12.7. The molecule has 0 saturated heterocycles. The Kier molecular flexibility index (Phi) is 6.37. The summed E-state index contributed by atoms with van der Waals surface area (Å²) in [7, 11) is 1.70. The number of rotatable bonds is 6. The molecule has 4 nitrogen and oxygen atoms in total. The fraction of sp³-hybridized carbons (Fsp3) is 0.429. The number of nitriles is 1. The summed E-state index contributed by atoms with van der Waals surface area (Å²) in [6, 6.07) is 7.82. The largest absolute Gasteiger partial charge is 0.492 e. The van der Waals surface area contributed by atoms with Crippen molar-refractivity contribution < 1.29 is 9.53 Å². The number of aryl methyl sites for hydroxylation is 1. The topological polar surface area (TPSA) is 53.3 Å². The highest BCUT2D eigenvalue weighted by Gasteiger charge is 2.09. The molecule has 0 aliphatic carbocycles. The molecule has 19 heavy (non-hydrogen) atoms. The van der Waals surface area contributed by atoms with Crippen LogP contribution in [0.15, 0.2) is 22.7 Å². The number of hydrogen-bond donors (Lipinski definition) is 0. The van der Waals surface area contributed by atoms with Crippen LogP contribution in [0.3, 0.4) is 0 Å². The number of nitrogens with zero attached hydrogens (tertiary/aromatic N) is 2. The van der Waals surface area contributed by atoms with Crippen LogP contribution in [0.2, 0.25) is 0 Å². The van der Waals surface area contributed by atoms with E-state index in [4.69, 9.17) is 10.00 Å². The second kappa shape index (κ2) is 7.80. The van der Waals surface area contributed by atoms with Gasteiger partial charge in [-0.05, 0) is 40.5 Å². The van der Waals surface area contributed by atoms with Crippen LogP contribution < -0.4 is 4.74 Å². The van der Waals surface area contributed by atoms with Gasteiger partial charge in [0.25, 0.3) is 0 Å². The van der Waals surface area contributed by atoms with Crippen molar-refractivity contribution >= 4 is 21.8 Å².